The molecular weight excluding hydrogens is 264 g/mol. The van der Waals surface area contributed by atoms with Gasteiger partial charge >= 0.3 is 0 Å². The Kier molecular flexibility index (Phi) is 6.18. The first kappa shape index (κ1) is 16.4. The fourth-order valence-corrected chi connectivity index (χ4v) is 3.19. The van der Waals surface area contributed by atoms with Crippen LogP contribution in [0.5, 0.6) is 0 Å². The predicted molar refractivity (Wildman–Crippen MR) is 85.1 cm³/mol. The standard InChI is InChI=1S/C17H28N2O2/c1-14-10-16(18(2)12-17(21)13-20)8-9-19(14)11-15-6-4-3-5-7-15/h3-7,14,16-17,20-21H,8-13H2,1-2H3/t14?,16?,17-/m0/s1. The van der Waals surface area contributed by atoms with Gasteiger partial charge in [0.15, 0.2) is 0 Å². The monoisotopic (exact) mass is 292 g/mol. The predicted octanol–water partition coefficient (Wildman–Crippen LogP) is 1.32. The molecule has 2 rings (SSSR count). The highest BCUT2D eigenvalue weighted by molar-refractivity contribution is 5.14. The zero-order chi connectivity index (χ0) is 15.2. The van der Waals surface area contributed by atoms with E-state index in [0.29, 0.717) is 18.6 Å². The van der Waals surface area contributed by atoms with E-state index in [9.17, 15) is 5.11 Å². The molecule has 1 aromatic rings. The summed E-state index contributed by atoms with van der Waals surface area (Å²) in [6.07, 6.45) is 1.60. The van der Waals surface area contributed by atoms with Crippen LogP contribution < -0.4 is 0 Å². The number of likely N-dealkylation sites (tertiary alicyclic amines) is 1. The number of hydrogen-bond donors (Lipinski definition) is 2. The molecule has 0 aromatic heterocycles. The maximum Gasteiger partial charge on any atom is 0.0897 e. The minimum absolute atomic E-state index is 0.160. The number of rotatable bonds is 6. The average Bonchev–Trinajstić information content (AvgIpc) is 2.50. The van der Waals surface area contributed by atoms with E-state index in [1.807, 2.05) is 7.05 Å². The van der Waals surface area contributed by atoms with E-state index >= 15 is 0 Å². The Hall–Kier alpha value is -0.940. The van der Waals surface area contributed by atoms with Gasteiger partial charge in [-0.1, -0.05) is 30.3 Å². The zero-order valence-electron chi connectivity index (χ0n) is 13.2. The SMILES string of the molecule is CC1CC(N(C)C[C@H](O)CO)CCN1Cc1ccccc1. The summed E-state index contributed by atoms with van der Waals surface area (Å²) in [7, 11) is 2.04. The van der Waals surface area contributed by atoms with Gasteiger partial charge in [-0.25, -0.2) is 0 Å². The number of benzene rings is 1. The molecule has 4 nitrogen and oxygen atoms in total. The Labute approximate surface area is 128 Å². The number of aliphatic hydroxyl groups excluding tert-OH is 2. The quantitative estimate of drug-likeness (QED) is 0.830. The molecule has 1 saturated heterocycles. The van der Waals surface area contributed by atoms with Gasteiger partial charge in [0.1, 0.15) is 0 Å². The normalized spacial score (nSPS) is 25.2. The first-order valence-electron chi connectivity index (χ1n) is 7.87. The summed E-state index contributed by atoms with van der Waals surface area (Å²) in [6.45, 7) is 4.77. The third-order valence-electron chi connectivity index (χ3n) is 4.55. The van der Waals surface area contributed by atoms with Crippen LogP contribution in [0.15, 0.2) is 30.3 Å². The van der Waals surface area contributed by atoms with Gasteiger partial charge in [0, 0.05) is 31.7 Å². The molecule has 1 aliphatic rings. The Balaban J connectivity index is 1.84. The van der Waals surface area contributed by atoms with Gasteiger partial charge in [-0.3, -0.25) is 4.90 Å². The third kappa shape index (κ3) is 4.78. The van der Waals surface area contributed by atoms with Crippen molar-refractivity contribution < 1.29 is 10.2 Å². The third-order valence-corrected chi connectivity index (χ3v) is 4.55. The van der Waals surface area contributed by atoms with Crippen LogP contribution in [0.4, 0.5) is 0 Å². The second-order valence-corrected chi connectivity index (χ2v) is 6.26. The molecule has 118 valence electrons. The fourth-order valence-electron chi connectivity index (χ4n) is 3.19. The number of nitrogens with zero attached hydrogens (tertiary/aromatic N) is 2. The van der Waals surface area contributed by atoms with Crippen molar-refractivity contribution >= 4 is 0 Å². The van der Waals surface area contributed by atoms with Gasteiger partial charge in [0.25, 0.3) is 0 Å². The summed E-state index contributed by atoms with van der Waals surface area (Å²) >= 11 is 0. The highest BCUT2D eigenvalue weighted by atomic mass is 16.3. The van der Waals surface area contributed by atoms with Crippen molar-refractivity contribution in [2.75, 3.05) is 26.7 Å². The second-order valence-electron chi connectivity index (χ2n) is 6.26. The Bertz CT molecular complexity index is 413. The summed E-state index contributed by atoms with van der Waals surface area (Å²) in [5.74, 6) is 0. The number of aliphatic hydroxyl groups is 2. The van der Waals surface area contributed by atoms with Crippen molar-refractivity contribution in [1.29, 1.82) is 0 Å². The lowest BCUT2D eigenvalue weighted by molar-refractivity contribution is 0.0285. The van der Waals surface area contributed by atoms with Gasteiger partial charge in [-0.05, 0) is 32.4 Å². The largest absolute Gasteiger partial charge is 0.394 e. The summed E-state index contributed by atoms with van der Waals surface area (Å²) in [6, 6.07) is 11.6. The minimum atomic E-state index is -0.632. The van der Waals surface area contributed by atoms with Crippen LogP contribution in [0.25, 0.3) is 0 Å². The van der Waals surface area contributed by atoms with Crippen LogP contribution in [-0.2, 0) is 6.54 Å². The molecule has 2 N–H and O–H groups in total. The van der Waals surface area contributed by atoms with Gasteiger partial charge in [0.2, 0.25) is 0 Å². The molecule has 1 heterocycles. The summed E-state index contributed by atoms with van der Waals surface area (Å²) in [4.78, 5) is 4.72. The van der Waals surface area contributed by atoms with Crippen LogP contribution in [0.3, 0.4) is 0 Å². The molecule has 0 spiro atoms. The Morgan fingerprint density at radius 2 is 2.05 bits per heavy atom. The van der Waals surface area contributed by atoms with Crippen LogP contribution in [0, 0.1) is 0 Å². The van der Waals surface area contributed by atoms with E-state index in [4.69, 9.17) is 5.11 Å². The smallest absolute Gasteiger partial charge is 0.0897 e. The fraction of sp³-hybridized carbons (Fsp3) is 0.647. The van der Waals surface area contributed by atoms with Crippen LogP contribution in [-0.4, -0.2) is 64.9 Å². The maximum absolute atomic E-state index is 9.57. The molecule has 1 aliphatic heterocycles. The first-order valence-corrected chi connectivity index (χ1v) is 7.87. The molecule has 0 radical (unpaired) electrons. The molecule has 2 unspecified atom stereocenters. The van der Waals surface area contributed by atoms with Crippen LogP contribution in [0.1, 0.15) is 25.3 Å². The molecule has 1 aromatic carbocycles. The molecule has 3 atom stereocenters. The van der Waals surface area contributed by atoms with Gasteiger partial charge < -0.3 is 15.1 Å². The highest BCUT2D eigenvalue weighted by Crippen LogP contribution is 2.23. The van der Waals surface area contributed by atoms with E-state index in [1.54, 1.807) is 0 Å². The average molecular weight is 292 g/mol. The minimum Gasteiger partial charge on any atom is -0.394 e. The van der Waals surface area contributed by atoms with Crippen molar-refractivity contribution in [1.82, 2.24) is 9.80 Å². The van der Waals surface area contributed by atoms with Crippen molar-refractivity contribution in [3.63, 3.8) is 0 Å². The molecular formula is C17H28N2O2. The molecule has 1 fully saturated rings. The maximum atomic E-state index is 9.57. The van der Waals surface area contributed by atoms with E-state index in [2.05, 4.69) is 47.1 Å². The van der Waals surface area contributed by atoms with Crippen molar-refractivity contribution in [2.45, 2.75) is 44.5 Å². The van der Waals surface area contributed by atoms with Crippen molar-refractivity contribution in [2.24, 2.45) is 0 Å². The van der Waals surface area contributed by atoms with E-state index in [0.717, 1.165) is 25.9 Å². The van der Waals surface area contributed by atoms with Gasteiger partial charge in [-0.15, -0.1) is 0 Å². The number of hydrogen-bond acceptors (Lipinski definition) is 4. The zero-order valence-corrected chi connectivity index (χ0v) is 13.2. The van der Waals surface area contributed by atoms with Gasteiger partial charge in [-0.2, -0.15) is 0 Å². The lowest BCUT2D eigenvalue weighted by Crippen LogP contribution is -2.49. The van der Waals surface area contributed by atoms with E-state index in [1.165, 1.54) is 5.56 Å². The number of likely N-dealkylation sites (N-methyl/N-ethyl adjacent to an activating group) is 1. The van der Waals surface area contributed by atoms with Crippen LogP contribution in [0.2, 0.25) is 0 Å². The molecule has 0 bridgehead atoms. The molecule has 0 amide bonds. The lowest BCUT2D eigenvalue weighted by Gasteiger charge is -2.41. The second kappa shape index (κ2) is 7.90. The lowest BCUT2D eigenvalue weighted by atomic mass is 9.96. The number of piperidine rings is 1. The van der Waals surface area contributed by atoms with Crippen molar-refractivity contribution in [3.05, 3.63) is 35.9 Å². The van der Waals surface area contributed by atoms with Gasteiger partial charge in [0.05, 0.1) is 12.7 Å². The highest BCUT2D eigenvalue weighted by Gasteiger charge is 2.28. The summed E-state index contributed by atoms with van der Waals surface area (Å²) < 4.78 is 0. The van der Waals surface area contributed by atoms with E-state index in [-0.39, 0.29) is 6.61 Å². The van der Waals surface area contributed by atoms with Crippen molar-refractivity contribution in [3.8, 4) is 0 Å². The topological polar surface area (TPSA) is 46.9 Å². The molecule has 0 saturated carbocycles. The molecule has 0 aliphatic carbocycles. The Morgan fingerprint density at radius 1 is 1.33 bits per heavy atom. The Morgan fingerprint density at radius 3 is 2.67 bits per heavy atom. The van der Waals surface area contributed by atoms with Crippen LogP contribution >= 0.6 is 0 Å². The summed E-state index contributed by atoms with van der Waals surface area (Å²) in [5, 5.41) is 18.5. The molecule has 4 heteroatoms. The summed E-state index contributed by atoms with van der Waals surface area (Å²) in [5.41, 5.74) is 1.37. The van der Waals surface area contributed by atoms with E-state index < -0.39 is 6.10 Å². The first-order chi connectivity index (χ1) is 10.1. The molecule has 21 heavy (non-hydrogen) atoms.